The molecule has 0 spiro atoms. The van der Waals surface area contributed by atoms with Crippen LogP contribution in [-0.4, -0.2) is 39.1 Å². The van der Waals surface area contributed by atoms with Crippen molar-refractivity contribution in [2.45, 2.75) is 0 Å². The zero-order chi connectivity index (χ0) is 17.9. The Hall–Kier alpha value is -3.68. The highest BCUT2D eigenvalue weighted by atomic mass is 16.4. The molecule has 0 aliphatic rings. The number of benzene rings is 2. The number of nitrogens with one attached hydrogen (secondary N) is 1. The van der Waals surface area contributed by atoms with E-state index in [2.05, 4.69) is 5.32 Å². The van der Waals surface area contributed by atoms with E-state index < -0.39 is 29.4 Å². The number of amides is 1. The molecule has 2 aromatic rings. The highest BCUT2D eigenvalue weighted by Crippen LogP contribution is 2.20. The zero-order valence-corrected chi connectivity index (χ0v) is 12.0. The highest BCUT2D eigenvalue weighted by molar-refractivity contribution is 6.12. The van der Waals surface area contributed by atoms with Crippen molar-refractivity contribution in [1.82, 2.24) is 0 Å². The fourth-order valence-corrected chi connectivity index (χ4v) is 2.02. The molecule has 0 heterocycles. The van der Waals surface area contributed by atoms with Gasteiger partial charge in [-0.3, -0.25) is 4.79 Å². The summed E-state index contributed by atoms with van der Waals surface area (Å²) in [5.41, 5.74) is -1.21. The molecule has 0 aliphatic heterocycles. The molecule has 0 aliphatic carbocycles. The van der Waals surface area contributed by atoms with Crippen LogP contribution in [0.3, 0.4) is 0 Å². The molecule has 1 amide bonds. The number of hydrogen-bond donors (Lipinski definition) is 4. The van der Waals surface area contributed by atoms with Crippen LogP contribution in [0, 0.1) is 0 Å². The number of anilines is 1. The second-order valence-corrected chi connectivity index (χ2v) is 4.68. The van der Waals surface area contributed by atoms with Crippen molar-refractivity contribution < 1.29 is 34.5 Å². The number of rotatable bonds is 5. The lowest BCUT2D eigenvalue weighted by Crippen LogP contribution is -2.18. The van der Waals surface area contributed by atoms with Crippen molar-refractivity contribution in [3.8, 4) is 0 Å². The monoisotopic (exact) mass is 329 g/mol. The van der Waals surface area contributed by atoms with Crippen LogP contribution >= 0.6 is 0 Å². The first-order valence-electron chi connectivity index (χ1n) is 6.55. The van der Waals surface area contributed by atoms with Crippen molar-refractivity contribution in [3.63, 3.8) is 0 Å². The van der Waals surface area contributed by atoms with Gasteiger partial charge in [-0.15, -0.1) is 0 Å². The Labute approximate surface area is 135 Å². The maximum Gasteiger partial charge on any atom is 0.337 e. The van der Waals surface area contributed by atoms with Crippen LogP contribution in [0.4, 0.5) is 5.69 Å². The first-order valence-corrected chi connectivity index (χ1v) is 6.55. The average molecular weight is 329 g/mol. The Morgan fingerprint density at radius 1 is 0.708 bits per heavy atom. The maximum absolute atomic E-state index is 12.2. The summed E-state index contributed by atoms with van der Waals surface area (Å²) in [5, 5.41) is 29.4. The van der Waals surface area contributed by atoms with Gasteiger partial charge >= 0.3 is 17.9 Å². The van der Waals surface area contributed by atoms with Gasteiger partial charge in [0.15, 0.2) is 0 Å². The summed E-state index contributed by atoms with van der Waals surface area (Å²) in [7, 11) is 0. The van der Waals surface area contributed by atoms with Gasteiger partial charge in [-0.05, 0) is 30.3 Å². The minimum absolute atomic E-state index is 0.141. The lowest BCUT2D eigenvalue weighted by molar-refractivity contribution is 0.0680. The summed E-state index contributed by atoms with van der Waals surface area (Å²) in [6.45, 7) is 0. The van der Waals surface area contributed by atoms with E-state index in [1.54, 1.807) is 0 Å². The lowest BCUT2D eigenvalue weighted by Gasteiger charge is -2.10. The molecular weight excluding hydrogens is 318 g/mol. The normalized spacial score (nSPS) is 10.0. The van der Waals surface area contributed by atoms with Crippen LogP contribution in [0.5, 0.6) is 0 Å². The van der Waals surface area contributed by atoms with Crippen molar-refractivity contribution in [3.05, 3.63) is 64.7 Å². The summed E-state index contributed by atoms with van der Waals surface area (Å²) >= 11 is 0. The quantitative estimate of drug-likeness (QED) is 0.657. The van der Waals surface area contributed by atoms with Crippen LogP contribution in [0.1, 0.15) is 41.4 Å². The summed E-state index contributed by atoms with van der Waals surface area (Å²) < 4.78 is 0. The maximum atomic E-state index is 12.2. The molecule has 8 heteroatoms. The molecule has 0 fully saturated rings. The standard InChI is InChI=1S/C16H11NO7/c18-13(9-3-1-2-4-10(9)15(21)22)17-12-6-5-8(14(19)20)7-11(12)16(23)24/h1-7H,(H,17,18)(H,19,20)(H,21,22)(H,23,24). The van der Waals surface area contributed by atoms with Gasteiger partial charge < -0.3 is 20.6 Å². The van der Waals surface area contributed by atoms with Gasteiger partial charge in [-0.1, -0.05) is 12.1 Å². The largest absolute Gasteiger partial charge is 0.478 e. The molecule has 0 saturated heterocycles. The van der Waals surface area contributed by atoms with Gasteiger partial charge in [-0.25, -0.2) is 14.4 Å². The van der Waals surface area contributed by atoms with E-state index >= 15 is 0 Å². The Morgan fingerprint density at radius 3 is 1.83 bits per heavy atom. The summed E-state index contributed by atoms with van der Waals surface area (Å²) in [6, 6.07) is 8.61. The first-order chi connectivity index (χ1) is 11.3. The highest BCUT2D eigenvalue weighted by Gasteiger charge is 2.19. The predicted octanol–water partition coefficient (Wildman–Crippen LogP) is 2.03. The molecule has 0 aromatic heterocycles. The fraction of sp³-hybridized carbons (Fsp3) is 0. The number of carboxylic acids is 3. The SMILES string of the molecule is O=C(O)c1ccc(NC(=O)c2ccccc2C(=O)O)c(C(=O)O)c1. The summed E-state index contributed by atoms with van der Waals surface area (Å²) in [5.74, 6) is -4.87. The predicted molar refractivity (Wildman–Crippen MR) is 81.7 cm³/mol. The van der Waals surface area contributed by atoms with Crippen molar-refractivity contribution >= 4 is 29.5 Å². The Bertz CT molecular complexity index is 857. The average Bonchev–Trinajstić information content (AvgIpc) is 2.54. The third kappa shape index (κ3) is 3.38. The zero-order valence-electron chi connectivity index (χ0n) is 12.0. The van der Waals surface area contributed by atoms with Crippen molar-refractivity contribution in [2.75, 3.05) is 5.32 Å². The Balaban J connectivity index is 2.41. The molecule has 0 bridgehead atoms. The van der Waals surface area contributed by atoms with E-state index in [1.165, 1.54) is 24.3 Å². The van der Waals surface area contributed by atoms with Gasteiger partial charge in [-0.2, -0.15) is 0 Å². The summed E-state index contributed by atoms with van der Waals surface area (Å²) in [4.78, 5) is 45.5. The van der Waals surface area contributed by atoms with Gasteiger partial charge in [0.25, 0.3) is 5.91 Å². The molecular formula is C16H11NO7. The third-order valence-electron chi connectivity index (χ3n) is 3.15. The molecule has 24 heavy (non-hydrogen) atoms. The number of carbonyl (C=O) groups excluding carboxylic acids is 1. The van der Waals surface area contributed by atoms with Crippen LogP contribution < -0.4 is 5.32 Å². The van der Waals surface area contributed by atoms with Crippen LogP contribution in [0.25, 0.3) is 0 Å². The molecule has 4 N–H and O–H groups in total. The Morgan fingerprint density at radius 2 is 1.29 bits per heavy atom. The number of carbonyl (C=O) groups is 4. The van der Waals surface area contributed by atoms with Crippen molar-refractivity contribution in [1.29, 1.82) is 0 Å². The van der Waals surface area contributed by atoms with Gasteiger partial charge in [0.2, 0.25) is 0 Å². The molecule has 0 saturated carbocycles. The number of aromatic carboxylic acids is 3. The second kappa shape index (κ2) is 6.61. The second-order valence-electron chi connectivity index (χ2n) is 4.68. The first kappa shape index (κ1) is 16.7. The van der Waals surface area contributed by atoms with Gasteiger partial charge in [0, 0.05) is 0 Å². The topological polar surface area (TPSA) is 141 Å². The molecule has 0 radical (unpaired) electrons. The minimum atomic E-state index is -1.43. The van der Waals surface area contributed by atoms with E-state index in [0.717, 1.165) is 18.2 Å². The van der Waals surface area contributed by atoms with Crippen molar-refractivity contribution in [2.24, 2.45) is 0 Å². The summed E-state index contributed by atoms with van der Waals surface area (Å²) in [6.07, 6.45) is 0. The van der Waals surface area contributed by atoms with Gasteiger partial charge in [0.1, 0.15) is 0 Å². The molecule has 2 aromatic carbocycles. The fourth-order valence-electron chi connectivity index (χ4n) is 2.02. The van der Waals surface area contributed by atoms with E-state index in [4.69, 9.17) is 15.3 Å². The van der Waals surface area contributed by atoms with E-state index in [1.807, 2.05) is 0 Å². The van der Waals surface area contributed by atoms with E-state index in [9.17, 15) is 19.2 Å². The smallest absolute Gasteiger partial charge is 0.337 e. The Kier molecular flexibility index (Phi) is 4.60. The molecule has 0 atom stereocenters. The minimum Gasteiger partial charge on any atom is -0.478 e. The third-order valence-corrected chi connectivity index (χ3v) is 3.15. The van der Waals surface area contributed by atoms with E-state index in [0.29, 0.717) is 0 Å². The van der Waals surface area contributed by atoms with Crippen LogP contribution in [0.2, 0.25) is 0 Å². The molecule has 2 rings (SSSR count). The van der Waals surface area contributed by atoms with Crippen LogP contribution in [0.15, 0.2) is 42.5 Å². The number of hydrogen-bond acceptors (Lipinski definition) is 4. The van der Waals surface area contributed by atoms with Crippen LogP contribution in [-0.2, 0) is 0 Å². The molecule has 8 nitrogen and oxygen atoms in total. The molecule has 0 unspecified atom stereocenters. The number of carboxylic acid groups (broad SMARTS) is 3. The van der Waals surface area contributed by atoms with E-state index in [-0.39, 0.29) is 22.4 Å². The van der Waals surface area contributed by atoms with Gasteiger partial charge in [0.05, 0.1) is 27.9 Å². The lowest BCUT2D eigenvalue weighted by atomic mass is 10.1. The molecule has 122 valence electrons.